The predicted octanol–water partition coefficient (Wildman–Crippen LogP) is 2.98. The molecule has 0 atom stereocenters. The lowest BCUT2D eigenvalue weighted by Crippen LogP contribution is -2.50. The summed E-state index contributed by atoms with van der Waals surface area (Å²) in [6.07, 6.45) is 0.398. The number of halogens is 2. The number of urea groups is 1. The molecule has 0 unspecified atom stereocenters. The minimum Gasteiger partial charge on any atom is -0.480 e. The van der Waals surface area contributed by atoms with Gasteiger partial charge in [-0.25, -0.2) is 23.4 Å². The van der Waals surface area contributed by atoms with E-state index in [1.54, 1.807) is 11.8 Å². The number of anilines is 2. The molecule has 1 aromatic heterocycles. The Morgan fingerprint density at radius 3 is 2.30 bits per heavy atom. The van der Waals surface area contributed by atoms with E-state index in [4.69, 9.17) is 4.74 Å². The summed E-state index contributed by atoms with van der Waals surface area (Å²) in [5.74, 6) is -2.34. The fraction of sp³-hybridized carbons (Fsp3) is 0.350. The zero-order chi connectivity index (χ0) is 21.8. The molecule has 1 aliphatic heterocycles. The minimum absolute atomic E-state index is 0.00782. The Bertz CT molecular complexity index is 942. The highest BCUT2D eigenvalue weighted by Crippen LogP contribution is 2.26. The maximum atomic E-state index is 13.4. The first-order valence-electron chi connectivity index (χ1n) is 9.40. The lowest BCUT2D eigenvalue weighted by atomic mass is 10.1. The number of hydrogen-bond acceptors (Lipinski definition) is 5. The number of benzene rings is 1. The highest BCUT2D eigenvalue weighted by atomic mass is 19.1. The van der Waals surface area contributed by atoms with Crippen LogP contribution in [0.1, 0.15) is 23.0 Å². The third-order valence-corrected chi connectivity index (χ3v) is 4.85. The summed E-state index contributed by atoms with van der Waals surface area (Å²) in [6, 6.07) is 4.19. The zero-order valence-corrected chi connectivity index (χ0v) is 16.6. The van der Waals surface area contributed by atoms with Crippen LogP contribution in [0, 0.1) is 11.6 Å². The van der Waals surface area contributed by atoms with Gasteiger partial charge in [0.1, 0.15) is 17.3 Å². The van der Waals surface area contributed by atoms with Crippen molar-refractivity contribution in [3.63, 3.8) is 0 Å². The second kappa shape index (κ2) is 8.93. The Kier molecular flexibility index (Phi) is 6.34. The molecule has 0 saturated carbocycles. The quantitative estimate of drug-likeness (QED) is 0.772. The molecular weight excluding hydrogens is 398 g/mol. The smallest absolute Gasteiger partial charge is 0.337 e. The Morgan fingerprint density at radius 2 is 1.77 bits per heavy atom. The molecule has 10 heteroatoms. The van der Waals surface area contributed by atoms with Crippen LogP contribution in [0.3, 0.4) is 0 Å². The number of aryl methyl sites for hydroxylation is 1. The number of aromatic carboxylic acids is 1. The number of carboxylic acid groups (broad SMARTS) is 1. The number of nitrogens with zero attached hydrogens (tertiary/aromatic N) is 3. The number of carbonyl (C=O) groups excluding carboxylic acids is 1. The third-order valence-electron chi connectivity index (χ3n) is 4.85. The van der Waals surface area contributed by atoms with Gasteiger partial charge >= 0.3 is 12.0 Å². The molecule has 0 spiro atoms. The van der Waals surface area contributed by atoms with Gasteiger partial charge in [-0.2, -0.15) is 0 Å². The van der Waals surface area contributed by atoms with Gasteiger partial charge in [-0.1, -0.05) is 6.92 Å². The standard InChI is InChI=1S/C20H22F2N4O4/c1-3-16-15(19(27)28)11-17(18(23-16)30-2)24-20(29)26-6-4-25(5-7-26)14-9-12(21)8-13(22)10-14/h8-11H,3-7H2,1-2H3,(H,24,29)(H,27,28). The summed E-state index contributed by atoms with van der Waals surface area (Å²) in [5.41, 5.74) is 0.922. The topological polar surface area (TPSA) is 95.0 Å². The molecule has 1 saturated heterocycles. The zero-order valence-electron chi connectivity index (χ0n) is 16.6. The molecule has 1 aliphatic rings. The van der Waals surface area contributed by atoms with Gasteiger partial charge in [0.15, 0.2) is 0 Å². The van der Waals surface area contributed by atoms with Crippen molar-refractivity contribution in [2.75, 3.05) is 43.5 Å². The molecule has 3 rings (SSSR count). The Hall–Kier alpha value is -3.43. The molecule has 160 valence electrons. The number of hydrogen-bond donors (Lipinski definition) is 2. The monoisotopic (exact) mass is 420 g/mol. The van der Waals surface area contributed by atoms with Crippen molar-refractivity contribution < 1.29 is 28.2 Å². The summed E-state index contributed by atoms with van der Waals surface area (Å²) in [5, 5.41) is 12.0. The molecule has 1 aromatic carbocycles. The minimum atomic E-state index is -1.14. The number of carbonyl (C=O) groups is 2. The van der Waals surface area contributed by atoms with Crippen LogP contribution in [0.5, 0.6) is 5.88 Å². The number of rotatable bonds is 5. The molecule has 30 heavy (non-hydrogen) atoms. The number of carboxylic acids is 1. The average Bonchev–Trinajstić information content (AvgIpc) is 2.72. The van der Waals surface area contributed by atoms with Gasteiger partial charge in [-0.05, 0) is 24.6 Å². The Labute approximate surface area is 172 Å². The highest BCUT2D eigenvalue weighted by Gasteiger charge is 2.24. The van der Waals surface area contributed by atoms with Gasteiger partial charge in [0.25, 0.3) is 0 Å². The van der Waals surface area contributed by atoms with Crippen LogP contribution >= 0.6 is 0 Å². The molecule has 2 heterocycles. The molecule has 0 aliphatic carbocycles. The maximum Gasteiger partial charge on any atom is 0.337 e. The van der Waals surface area contributed by atoms with Crippen molar-refractivity contribution >= 4 is 23.4 Å². The number of piperazine rings is 1. The van der Waals surface area contributed by atoms with Crippen molar-refractivity contribution in [1.82, 2.24) is 9.88 Å². The van der Waals surface area contributed by atoms with E-state index in [2.05, 4.69) is 10.3 Å². The van der Waals surface area contributed by atoms with E-state index in [9.17, 15) is 23.5 Å². The summed E-state index contributed by atoms with van der Waals surface area (Å²) >= 11 is 0. The SMILES string of the molecule is CCc1nc(OC)c(NC(=O)N2CCN(c3cc(F)cc(F)c3)CC2)cc1C(=O)O. The number of ether oxygens (including phenoxy) is 1. The highest BCUT2D eigenvalue weighted by molar-refractivity contribution is 5.95. The molecule has 0 bridgehead atoms. The molecule has 2 aromatic rings. The van der Waals surface area contributed by atoms with E-state index < -0.39 is 23.6 Å². The first-order chi connectivity index (χ1) is 14.3. The van der Waals surface area contributed by atoms with Crippen LogP contribution in [-0.4, -0.2) is 60.3 Å². The summed E-state index contributed by atoms with van der Waals surface area (Å²) in [6.45, 7) is 3.19. The van der Waals surface area contributed by atoms with Crippen molar-refractivity contribution in [1.29, 1.82) is 0 Å². The second-order valence-corrected chi connectivity index (χ2v) is 6.73. The van der Waals surface area contributed by atoms with Crippen molar-refractivity contribution in [2.24, 2.45) is 0 Å². The Morgan fingerprint density at radius 1 is 1.13 bits per heavy atom. The number of pyridine rings is 1. The van der Waals surface area contributed by atoms with Gasteiger partial charge in [0.2, 0.25) is 5.88 Å². The van der Waals surface area contributed by atoms with Gasteiger partial charge < -0.3 is 25.0 Å². The van der Waals surface area contributed by atoms with Crippen LogP contribution in [-0.2, 0) is 6.42 Å². The number of aromatic nitrogens is 1. The van der Waals surface area contributed by atoms with Crippen LogP contribution < -0.4 is 15.0 Å². The second-order valence-electron chi connectivity index (χ2n) is 6.73. The molecular formula is C20H22F2N4O4. The lowest BCUT2D eigenvalue weighted by Gasteiger charge is -2.36. The fourth-order valence-electron chi connectivity index (χ4n) is 3.32. The molecule has 1 fully saturated rings. The predicted molar refractivity (Wildman–Crippen MR) is 106 cm³/mol. The molecule has 2 N–H and O–H groups in total. The van der Waals surface area contributed by atoms with E-state index >= 15 is 0 Å². The number of amides is 2. The van der Waals surface area contributed by atoms with Crippen LogP contribution in [0.15, 0.2) is 24.3 Å². The van der Waals surface area contributed by atoms with Crippen molar-refractivity contribution in [3.05, 3.63) is 47.2 Å². The van der Waals surface area contributed by atoms with Gasteiger partial charge in [0.05, 0.1) is 18.4 Å². The molecule has 0 radical (unpaired) electrons. The first kappa shape index (κ1) is 21.3. The molecule has 2 amide bonds. The number of nitrogens with one attached hydrogen (secondary N) is 1. The normalized spacial score (nSPS) is 13.9. The fourth-order valence-corrected chi connectivity index (χ4v) is 3.32. The summed E-state index contributed by atoms with van der Waals surface area (Å²) in [7, 11) is 1.38. The van der Waals surface area contributed by atoms with E-state index in [0.29, 0.717) is 44.0 Å². The van der Waals surface area contributed by atoms with E-state index in [1.807, 2.05) is 0 Å². The van der Waals surface area contributed by atoms with Crippen LogP contribution in [0.4, 0.5) is 25.0 Å². The third kappa shape index (κ3) is 4.58. The van der Waals surface area contributed by atoms with E-state index in [1.165, 1.54) is 30.2 Å². The average molecular weight is 420 g/mol. The lowest BCUT2D eigenvalue weighted by molar-refractivity contribution is 0.0695. The van der Waals surface area contributed by atoms with Crippen molar-refractivity contribution in [3.8, 4) is 5.88 Å². The molecule has 8 nitrogen and oxygen atoms in total. The van der Waals surface area contributed by atoms with Crippen molar-refractivity contribution in [2.45, 2.75) is 13.3 Å². The number of methoxy groups -OCH3 is 1. The van der Waals surface area contributed by atoms with Crippen LogP contribution in [0.25, 0.3) is 0 Å². The van der Waals surface area contributed by atoms with E-state index in [0.717, 1.165) is 6.07 Å². The van der Waals surface area contributed by atoms with E-state index in [-0.39, 0.29) is 17.1 Å². The maximum absolute atomic E-state index is 13.4. The summed E-state index contributed by atoms with van der Waals surface area (Å²) < 4.78 is 32.1. The van der Waals surface area contributed by atoms with Gasteiger partial charge in [0, 0.05) is 37.9 Å². The van der Waals surface area contributed by atoms with Crippen LogP contribution in [0.2, 0.25) is 0 Å². The Balaban J connectivity index is 1.70. The summed E-state index contributed by atoms with van der Waals surface area (Å²) in [4.78, 5) is 31.6. The van der Waals surface area contributed by atoms with Gasteiger partial charge in [-0.3, -0.25) is 0 Å². The first-order valence-corrected chi connectivity index (χ1v) is 9.40. The van der Waals surface area contributed by atoms with Gasteiger partial charge in [-0.15, -0.1) is 0 Å². The largest absolute Gasteiger partial charge is 0.480 e.